The summed E-state index contributed by atoms with van der Waals surface area (Å²) in [6, 6.07) is 14.9. The maximum atomic E-state index is 13.2. The summed E-state index contributed by atoms with van der Waals surface area (Å²) in [7, 11) is 0. The lowest BCUT2D eigenvalue weighted by molar-refractivity contribution is 0.0500. The van der Waals surface area contributed by atoms with Crippen LogP contribution in [0.2, 0.25) is 0 Å². The molecule has 0 saturated carbocycles. The molecule has 1 atom stereocenters. The normalized spacial score (nSPS) is 20.4. The van der Waals surface area contributed by atoms with E-state index in [1.165, 1.54) is 24.0 Å². The minimum absolute atomic E-state index is 0. The molecule has 170 valence electrons. The van der Waals surface area contributed by atoms with Crippen LogP contribution in [0.25, 0.3) is 0 Å². The van der Waals surface area contributed by atoms with Crippen molar-refractivity contribution in [1.29, 1.82) is 0 Å². The van der Waals surface area contributed by atoms with Crippen molar-refractivity contribution < 1.29 is 8.78 Å². The number of hydrogen-bond acceptors (Lipinski definition) is 3. The molecule has 2 aromatic rings. The van der Waals surface area contributed by atoms with Crippen molar-refractivity contribution >= 4 is 12.4 Å². The Labute approximate surface area is 191 Å². The molecule has 2 fully saturated rings. The lowest BCUT2D eigenvalue weighted by Gasteiger charge is -2.44. The van der Waals surface area contributed by atoms with Gasteiger partial charge in [0.15, 0.2) is 0 Å². The molecule has 4 rings (SSSR count). The van der Waals surface area contributed by atoms with Gasteiger partial charge in [0.1, 0.15) is 11.6 Å². The molecular formula is C25H34ClF2N3. The second-order valence-electron chi connectivity index (χ2n) is 8.75. The lowest BCUT2D eigenvalue weighted by Crippen LogP contribution is -2.53. The third-order valence-corrected chi connectivity index (χ3v) is 6.95. The first-order valence-electron chi connectivity index (χ1n) is 11.3. The van der Waals surface area contributed by atoms with Gasteiger partial charge >= 0.3 is 0 Å². The molecule has 0 spiro atoms. The fourth-order valence-electron chi connectivity index (χ4n) is 4.88. The van der Waals surface area contributed by atoms with Crippen molar-refractivity contribution in [2.45, 2.75) is 38.3 Å². The molecular weight excluding hydrogens is 416 g/mol. The highest BCUT2D eigenvalue weighted by atomic mass is 35.5. The summed E-state index contributed by atoms with van der Waals surface area (Å²) in [5.74, 6) is -0.327. The third-order valence-electron chi connectivity index (χ3n) is 6.95. The van der Waals surface area contributed by atoms with Gasteiger partial charge in [0.25, 0.3) is 0 Å². The van der Waals surface area contributed by atoms with Gasteiger partial charge in [-0.25, -0.2) is 8.78 Å². The first-order valence-corrected chi connectivity index (χ1v) is 11.3. The van der Waals surface area contributed by atoms with Gasteiger partial charge in [0, 0.05) is 57.9 Å². The van der Waals surface area contributed by atoms with Gasteiger partial charge in [0.05, 0.1) is 0 Å². The van der Waals surface area contributed by atoms with Gasteiger partial charge in [-0.1, -0.05) is 24.3 Å². The van der Waals surface area contributed by atoms with Crippen molar-refractivity contribution in [1.82, 2.24) is 14.7 Å². The third kappa shape index (κ3) is 6.48. The Morgan fingerprint density at radius 3 is 1.94 bits per heavy atom. The van der Waals surface area contributed by atoms with E-state index in [-0.39, 0.29) is 24.0 Å². The highest BCUT2D eigenvalue weighted by molar-refractivity contribution is 5.85. The van der Waals surface area contributed by atoms with E-state index in [0.717, 1.165) is 52.2 Å². The van der Waals surface area contributed by atoms with E-state index in [0.29, 0.717) is 12.1 Å². The average molecular weight is 450 g/mol. The first-order chi connectivity index (χ1) is 14.6. The van der Waals surface area contributed by atoms with E-state index >= 15 is 0 Å². The number of benzene rings is 2. The first kappa shape index (κ1) is 24.1. The Balaban J connectivity index is 0.00000272. The average Bonchev–Trinajstić information content (AvgIpc) is 2.79. The van der Waals surface area contributed by atoms with Gasteiger partial charge in [-0.3, -0.25) is 9.80 Å². The molecule has 0 aromatic heterocycles. The van der Waals surface area contributed by atoms with Crippen LogP contribution in [0.3, 0.4) is 0 Å². The van der Waals surface area contributed by atoms with Crippen molar-refractivity contribution in [3.63, 3.8) is 0 Å². The molecule has 3 nitrogen and oxygen atoms in total. The molecule has 6 heteroatoms. The standard InChI is InChI=1S/C25H33F2N3.ClH/c1-20(22-4-8-24(27)9-5-22)29-14-11-25(12-15-29)30-18-16-28(17-19-30)13-10-21-2-6-23(26)7-3-21;/h2-9,20,25H,10-19H2,1H3;1H. The topological polar surface area (TPSA) is 9.72 Å². The quantitative estimate of drug-likeness (QED) is 0.628. The Hall–Kier alpha value is -1.53. The van der Waals surface area contributed by atoms with Crippen LogP contribution in [0, 0.1) is 11.6 Å². The predicted molar refractivity (Wildman–Crippen MR) is 125 cm³/mol. The molecule has 1 unspecified atom stereocenters. The van der Waals surface area contributed by atoms with Crippen molar-refractivity contribution in [2.24, 2.45) is 0 Å². The minimum Gasteiger partial charge on any atom is -0.300 e. The highest BCUT2D eigenvalue weighted by Gasteiger charge is 2.29. The zero-order chi connectivity index (χ0) is 20.9. The molecule has 2 aliphatic rings. The Morgan fingerprint density at radius 2 is 1.35 bits per heavy atom. The van der Waals surface area contributed by atoms with Gasteiger partial charge < -0.3 is 4.90 Å². The summed E-state index contributed by atoms with van der Waals surface area (Å²) >= 11 is 0. The number of likely N-dealkylation sites (tertiary alicyclic amines) is 1. The van der Waals surface area contributed by atoms with Gasteiger partial charge in [0.2, 0.25) is 0 Å². The highest BCUT2D eigenvalue weighted by Crippen LogP contribution is 2.26. The van der Waals surface area contributed by atoms with Crippen LogP contribution in [0.5, 0.6) is 0 Å². The van der Waals surface area contributed by atoms with E-state index in [2.05, 4.69) is 21.6 Å². The van der Waals surface area contributed by atoms with Crippen molar-refractivity contribution in [3.8, 4) is 0 Å². The summed E-state index contributed by atoms with van der Waals surface area (Å²) < 4.78 is 26.2. The van der Waals surface area contributed by atoms with Crippen LogP contribution in [-0.2, 0) is 6.42 Å². The molecule has 2 heterocycles. The summed E-state index contributed by atoms with van der Waals surface area (Å²) in [4.78, 5) is 7.74. The molecule has 2 aliphatic heterocycles. The number of rotatable bonds is 6. The SMILES string of the molecule is CC(c1ccc(F)cc1)N1CCC(N2CCN(CCc3ccc(F)cc3)CC2)CC1.Cl. The fourth-order valence-corrected chi connectivity index (χ4v) is 4.88. The van der Waals surface area contributed by atoms with Crippen LogP contribution in [0.4, 0.5) is 8.78 Å². The maximum absolute atomic E-state index is 13.2. The van der Waals surface area contributed by atoms with Crippen LogP contribution in [-0.4, -0.2) is 66.6 Å². The van der Waals surface area contributed by atoms with Crippen LogP contribution >= 0.6 is 12.4 Å². The van der Waals surface area contributed by atoms with E-state index in [1.54, 1.807) is 24.3 Å². The molecule has 0 aliphatic carbocycles. The Kier molecular flexibility index (Phi) is 8.85. The monoisotopic (exact) mass is 449 g/mol. The minimum atomic E-state index is -0.165. The van der Waals surface area contributed by atoms with Crippen LogP contribution in [0.1, 0.15) is 36.9 Å². The van der Waals surface area contributed by atoms with Crippen LogP contribution < -0.4 is 0 Å². The smallest absolute Gasteiger partial charge is 0.123 e. The van der Waals surface area contributed by atoms with Crippen molar-refractivity contribution in [2.75, 3.05) is 45.8 Å². The molecule has 2 saturated heterocycles. The number of hydrogen-bond donors (Lipinski definition) is 0. The summed E-state index contributed by atoms with van der Waals surface area (Å²) in [6.07, 6.45) is 3.40. The van der Waals surface area contributed by atoms with E-state index in [4.69, 9.17) is 0 Å². The van der Waals surface area contributed by atoms with E-state index in [9.17, 15) is 8.78 Å². The zero-order valence-electron chi connectivity index (χ0n) is 18.4. The van der Waals surface area contributed by atoms with Gasteiger partial charge in [-0.2, -0.15) is 0 Å². The van der Waals surface area contributed by atoms with E-state index < -0.39 is 0 Å². The number of piperidine rings is 1. The zero-order valence-corrected chi connectivity index (χ0v) is 19.2. The fraction of sp³-hybridized carbons (Fsp3) is 0.520. The second-order valence-corrected chi connectivity index (χ2v) is 8.75. The summed E-state index contributed by atoms with van der Waals surface area (Å²) in [5.41, 5.74) is 2.41. The molecule has 31 heavy (non-hydrogen) atoms. The second kappa shape index (κ2) is 11.4. The lowest BCUT2D eigenvalue weighted by atomic mass is 9.98. The summed E-state index contributed by atoms with van der Waals surface area (Å²) in [6.45, 7) is 10.0. The largest absolute Gasteiger partial charge is 0.300 e. The number of halogens is 3. The van der Waals surface area contributed by atoms with Gasteiger partial charge in [-0.05, 0) is 61.6 Å². The summed E-state index contributed by atoms with van der Waals surface area (Å²) in [5, 5.41) is 0. The predicted octanol–water partition coefficient (Wildman–Crippen LogP) is 4.77. The molecule has 0 bridgehead atoms. The Morgan fingerprint density at radius 1 is 0.806 bits per heavy atom. The van der Waals surface area contributed by atoms with E-state index in [1.807, 2.05) is 24.3 Å². The van der Waals surface area contributed by atoms with Crippen LogP contribution in [0.15, 0.2) is 48.5 Å². The van der Waals surface area contributed by atoms with Crippen molar-refractivity contribution in [3.05, 3.63) is 71.3 Å². The molecule has 0 radical (unpaired) electrons. The molecule has 0 amide bonds. The molecule has 0 N–H and O–H groups in total. The number of nitrogens with zero attached hydrogens (tertiary/aromatic N) is 3. The molecule has 2 aromatic carbocycles. The Bertz CT molecular complexity index is 783. The maximum Gasteiger partial charge on any atom is 0.123 e. The van der Waals surface area contributed by atoms with Gasteiger partial charge in [-0.15, -0.1) is 12.4 Å². The number of piperazine rings is 1.